The number of hydrogen-bond acceptors (Lipinski definition) is 3. The molecule has 1 aliphatic heterocycles. The smallest absolute Gasteiger partial charge is 0.410 e. The highest BCUT2D eigenvalue weighted by atomic mass is 16.6. The first-order valence-corrected chi connectivity index (χ1v) is 7.72. The molecule has 1 N–H and O–H groups in total. The predicted molar refractivity (Wildman–Crippen MR) is 85.6 cm³/mol. The van der Waals surface area contributed by atoms with Gasteiger partial charge in [0, 0.05) is 25.3 Å². The molecule has 4 nitrogen and oxygen atoms in total. The van der Waals surface area contributed by atoms with Crippen LogP contribution >= 0.6 is 0 Å². The Hall–Kier alpha value is -1.71. The molecule has 0 atom stereocenters. The number of anilines is 1. The van der Waals surface area contributed by atoms with Crippen molar-refractivity contribution in [2.75, 3.05) is 18.4 Å². The summed E-state index contributed by atoms with van der Waals surface area (Å²) < 4.78 is 5.46. The van der Waals surface area contributed by atoms with Crippen molar-refractivity contribution in [2.24, 2.45) is 0 Å². The average Bonchev–Trinajstić information content (AvgIpc) is 2.42. The molecule has 1 aromatic rings. The van der Waals surface area contributed by atoms with Crippen LogP contribution in [0.5, 0.6) is 0 Å². The molecule has 1 aliphatic rings. The van der Waals surface area contributed by atoms with Crippen molar-refractivity contribution in [3.05, 3.63) is 29.3 Å². The van der Waals surface area contributed by atoms with Crippen molar-refractivity contribution in [2.45, 2.75) is 52.7 Å². The minimum atomic E-state index is -0.443. The van der Waals surface area contributed by atoms with Gasteiger partial charge in [-0.05, 0) is 56.9 Å². The fraction of sp³-hybridized carbons (Fsp3) is 0.588. The van der Waals surface area contributed by atoms with Gasteiger partial charge in [0.1, 0.15) is 5.60 Å². The number of carbonyl (C=O) groups excluding carboxylic acids is 1. The second-order valence-corrected chi connectivity index (χ2v) is 6.56. The molecule has 116 valence electrons. The number of rotatable bonds is 3. The van der Waals surface area contributed by atoms with Crippen LogP contribution in [0.2, 0.25) is 0 Å². The van der Waals surface area contributed by atoms with Crippen LogP contribution < -0.4 is 5.32 Å². The lowest BCUT2D eigenvalue weighted by molar-refractivity contribution is 0.0224. The summed E-state index contributed by atoms with van der Waals surface area (Å²) in [6, 6.07) is 6.44. The highest BCUT2D eigenvalue weighted by Crippen LogP contribution is 2.24. The van der Waals surface area contributed by atoms with Gasteiger partial charge in [0.05, 0.1) is 0 Å². The van der Waals surface area contributed by atoms with Crippen molar-refractivity contribution in [1.82, 2.24) is 4.90 Å². The minimum Gasteiger partial charge on any atom is -0.444 e. The van der Waals surface area contributed by atoms with E-state index in [0.29, 0.717) is 6.54 Å². The van der Waals surface area contributed by atoms with Gasteiger partial charge in [-0.15, -0.1) is 0 Å². The number of amides is 1. The van der Waals surface area contributed by atoms with Crippen LogP contribution in [-0.2, 0) is 17.7 Å². The first-order chi connectivity index (χ1) is 9.89. The Bertz CT molecular complexity index is 506. The van der Waals surface area contributed by atoms with Crippen LogP contribution in [0.1, 0.15) is 45.2 Å². The lowest BCUT2D eigenvalue weighted by atomic mass is 9.99. The molecular weight excluding hydrogens is 264 g/mol. The Morgan fingerprint density at radius 1 is 1.33 bits per heavy atom. The van der Waals surface area contributed by atoms with Gasteiger partial charge >= 0.3 is 6.09 Å². The monoisotopic (exact) mass is 290 g/mol. The van der Waals surface area contributed by atoms with E-state index in [0.717, 1.165) is 31.6 Å². The largest absolute Gasteiger partial charge is 0.444 e. The van der Waals surface area contributed by atoms with Crippen LogP contribution in [0, 0.1) is 0 Å². The highest BCUT2D eigenvalue weighted by Gasteiger charge is 2.25. The molecular formula is C17H26N2O2. The second kappa shape index (κ2) is 6.37. The van der Waals surface area contributed by atoms with Gasteiger partial charge in [-0.2, -0.15) is 0 Å². The SMILES string of the molecule is CCCNc1ccc2c(c1)CN(C(=O)OC(C)(C)C)CC2. The lowest BCUT2D eigenvalue weighted by Crippen LogP contribution is -2.39. The molecule has 1 amide bonds. The zero-order chi connectivity index (χ0) is 15.5. The van der Waals surface area contributed by atoms with Gasteiger partial charge in [0.15, 0.2) is 0 Å². The molecule has 21 heavy (non-hydrogen) atoms. The Morgan fingerprint density at radius 3 is 2.76 bits per heavy atom. The molecule has 0 aromatic heterocycles. The number of nitrogens with one attached hydrogen (secondary N) is 1. The van der Waals surface area contributed by atoms with E-state index in [9.17, 15) is 4.79 Å². The third kappa shape index (κ3) is 4.38. The van der Waals surface area contributed by atoms with Gasteiger partial charge in [0.25, 0.3) is 0 Å². The van der Waals surface area contributed by atoms with E-state index < -0.39 is 5.60 Å². The van der Waals surface area contributed by atoms with Crippen LogP contribution in [0.3, 0.4) is 0 Å². The average molecular weight is 290 g/mol. The summed E-state index contributed by atoms with van der Waals surface area (Å²) in [5.41, 5.74) is 3.23. The molecule has 0 saturated heterocycles. The zero-order valence-corrected chi connectivity index (χ0v) is 13.5. The van der Waals surface area contributed by atoms with Gasteiger partial charge in [0.2, 0.25) is 0 Å². The highest BCUT2D eigenvalue weighted by molar-refractivity contribution is 5.69. The zero-order valence-electron chi connectivity index (χ0n) is 13.5. The summed E-state index contributed by atoms with van der Waals surface area (Å²) in [6.45, 7) is 10.2. The van der Waals surface area contributed by atoms with Crippen molar-refractivity contribution >= 4 is 11.8 Å². The van der Waals surface area contributed by atoms with Crippen LogP contribution in [0.25, 0.3) is 0 Å². The number of carbonyl (C=O) groups is 1. The first kappa shape index (κ1) is 15.7. The quantitative estimate of drug-likeness (QED) is 0.920. The minimum absolute atomic E-state index is 0.222. The maximum Gasteiger partial charge on any atom is 0.410 e. The van der Waals surface area contributed by atoms with E-state index in [1.165, 1.54) is 11.1 Å². The summed E-state index contributed by atoms with van der Waals surface area (Å²) in [5, 5.41) is 3.39. The van der Waals surface area contributed by atoms with E-state index in [1.807, 2.05) is 20.8 Å². The molecule has 0 unspecified atom stereocenters. The maximum atomic E-state index is 12.2. The van der Waals surface area contributed by atoms with Crippen LogP contribution in [0.15, 0.2) is 18.2 Å². The topological polar surface area (TPSA) is 41.6 Å². The number of fused-ring (bicyclic) bond motifs is 1. The van der Waals surface area contributed by atoms with Crippen LogP contribution in [-0.4, -0.2) is 29.7 Å². The fourth-order valence-corrected chi connectivity index (χ4v) is 2.42. The normalized spacial score (nSPS) is 14.6. The fourth-order valence-electron chi connectivity index (χ4n) is 2.42. The molecule has 0 radical (unpaired) electrons. The Balaban J connectivity index is 2.06. The van der Waals surface area contributed by atoms with Gasteiger partial charge in [-0.3, -0.25) is 0 Å². The number of hydrogen-bond donors (Lipinski definition) is 1. The molecule has 0 bridgehead atoms. The van der Waals surface area contributed by atoms with Crippen molar-refractivity contribution in [3.63, 3.8) is 0 Å². The third-order valence-corrected chi connectivity index (χ3v) is 3.45. The predicted octanol–water partition coefficient (Wildman–Crippen LogP) is 3.80. The maximum absolute atomic E-state index is 12.2. The third-order valence-electron chi connectivity index (χ3n) is 3.45. The Kier molecular flexibility index (Phi) is 4.76. The molecule has 1 aromatic carbocycles. The molecule has 1 heterocycles. The molecule has 0 aliphatic carbocycles. The standard InChI is InChI=1S/C17H26N2O2/c1-5-9-18-15-7-6-13-8-10-19(12-14(13)11-15)16(20)21-17(2,3)4/h6-7,11,18H,5,8-10,12H2,1-4H3. The molecule has 0 saturated carbocycles. The lowest BCUT2D eigenvalue weighted by Gasteiger charge is -2.31. The molecule has 0 fully saturated rings. The molecule has 2 rings (SSSR count). The van der Waals surface area contributed by atoms with E-state index in [4.69, 9.17) is 4.74 Å². The summed E-state index contributed by atoms with van der Waals surface area (Å²) in [7, 11) is 0. The van der Waals surface area contributed by atoms with Crippen molar-refractivity contribution in [1.29, 1.82) is 0 Å². The summed E-state index contributed by atoms with van der Waals surface area (Å²) in [5.74, 6) is 0. The summed E-state index contributed by atoms with van der Waals surface area (Å²) >= 11 is 0. The summed E-state index contributed by atoms with van der Waals surface area (Å²) in [4.78, 5) is 14.0. The van der Waals surface area contributed by atoms with Crippen molar-refractivity contribution < 1.29 is 9.53 Å². The van der Waals surface area contributed by atoms with Gasteiger partial charge < -0.3 is 15.0 Å². The Labute approximate surface area is 127 Å². The molecule has 0 spiro atoms. The summed E-state index contributed by atoms with van der Waals surface area (Å²) in [6.07, 6.45) is 1.77. The van der Waals surface area contributed by atoms with Gasteiger partial charge in [-0.1, -0.05) is 13.0 Å². The van der Waals surface area contributed by atoms with Crippen molar-refractivity contribution in [3.8, 4) is 0 Å². The van der Waals surface area contributed by atoms with Crippen LogP contribution in [0.4, 0.5) is 10.5 Å². The van der Waals surface area contributed by atoms with Gasteiger partial charge in [-0.25, -0.2) is 4.79 Å². The molecule has 4 heteroatoms. The van der Waals surface area contributed by atoms with E-state index in [-0.39, 0.29) is 6.09 Å². The number of nitrogens with zero attached hydrogens (tertiary/aromatic N) is 1. The Morgan fingerprint density at radius 2 is 2.10 bits per heavy atom. The second-order valence-electron chi connectivity index (χ2n) is 6.56. The first-order valence-electron chi connectivity index (χ1n) is 7.72. The number of ether oxygens (including phenoxy) is 1. The number of benzene rings is 1. The van der Waals surface area contributed by atoms with E-state index in [2.05, 4.69) is 30.4 Å². The van der Waals surface area contributed by atoms with E-state index >= 15 is 0 Å². The van der Waals surface area contributed by atoms with E-state index in [1.54, 1.807) is 4.90 Å².